The number of rotatable bonds is 3. The molecule has 10 heteroatoms. The third-order valence-electron chi connectivity index (χ3n) is 2.74. The molecule has 0 atom stereocenters. The largest absolute Gasteiger partial charge is 0.417 e. The van der Waals surface area contributed by atoms with Gasteiger partial charge < -0.3 is 0 Å². The van der Waals surface area contributed by atoms with E-state index >= 15 is 0 Å². The maximum Gasteiger partial charge on any atom is 0.417 e. The number of thiophene rings is 1. The standard InChI is InChI=1S/C13H7F3N2O3S2/c14-13(15,16)11-5-10(2-1-8(11)6-17)23(20,21)18-12(19)9-3-4-22-7-9/h1-5,7H,(H,18,19). The predicted octanol–water partition coefficient (Wildman–Crippen LogP) is 2.76. The van der Waals surface area contributed by atoms with Gasteiger partial charge in [0.2, 0.25) is 0 Å². The second kappa shape index (κ2) is 6.02. The van der Waals surface area contributed by atoms with Gasteiger partial charge in [-0.2, -0.15) is 29.8 Å². The van der Waals surface area contributed by atoms with E-state index in [0.29, 0.717) is 6.07 Å². The van der Waals surface area contributed by atoms with E-state index < -0.39 is 38.1 Å². The summed E-state index contributed by atoms with van der Waals surface area (Å²) in [5, 5.41) is 11.6. The van der Waals surface area contributed by atoms with Crippen LogP contribution in [-0.4, -0.2) is 14.3 Å². The number of halogens is 3. The molecule has 0 aliphatic rings. The van der Waals surface area contributed by atoms with Gasteiger partial charge in [0.25, 0.3) is 15.9 Å². The summed E-state index contributed by atoms with van der Waals surface area (Å²) < 4.78 is 64.3. The van der Waals surface area contributed by atoms with Crippen molar-refractivity contribution in [3.05, 3.63) is 51.7 Å². The molecule has 0 aliphatic carbocycles. The highest BCUT2D eigenvalue weighted by atomic mass is 32.2. The number of hydrogen-bond donors (Lipinski definition) is 1. The number of hydrogen-bond acceptors (Lipinski definition) is 5. The zero-order valence-corrected chi connectivity index (χ0v) is 12.7. The molecule has 0 bridgehead atoms. The van der Waals surface area contributed by atoms with Crippen LogP contribution in [0.3, 0.4) is 0 Å². The Morgan fingerprint density at radius 3 is 2.48 bits per heavy atom. The lowest BCUT2D eigenvalue weighted by atomic mass is 10.1. The summed E-state index contributed by atoms with van der Waals surface area (Å²) in [6.45, 7) is 0. The van der Waals surface area contributed by atoms with Crippen LogP contribution in [0.2, 0.25) is 0 Å². The van der Waals surface area contributed by atoms with E-state index in [-0.39, 0.29) is 5.56 Å². The number of benzene rings is 1. The molecule has 1 N–H and O–H groups in total. The van der Waals surface area contributed by atoms with Gasteiger partial charge in [-0.15, -0.1) is 0 Å². The molecule has 0 aliphatic heterocycles. The van der Waals surface area contributed by atoms with Crippen LogP contribution in [0.4, 0.5) is 13.2 Å². The second-order valence-electron chi connectivity index (χ2n) is 4.26. The van der Waals surface area contributed by atoms with Crippen molar-refractivity contribution in [2.75, 3.05) is 0 Å². The molecule has 0 radical (unpaired) electrons. The Morgan fingerprint density at radius 1 is 1.26 bits per heavy atom. The number of amides is 1. The maximum atomic E-state index is 12.9. The molecule has 120 valence electrons. The molecule has 5 nitrogen and oxygen atoms in total. The summed E-state index contributed by atoms with van der Waals surface area (Å²) in [7, 11) is -4.50. The Morgan fingerprint density at radius 2 is 1.96 bits per heavy atom. The highest BCUT2D eigenvalue weighted by Gasteiger charge is 2.35. The van der Waals surface area contributed by atoms with Crippen LogP contribution < -0.4 is 4.72 Å². The van der Waals surface area contributed by atoms with Crippen molar-refractivity contribution < 1.29 is 26.4 Å². The lowest BCUT2D eigenvalue weighted by Crippen LogP contribution is -2.30. The topological polar surface area (TPSA) is 87.0 Å². The molecule has 1 aromatic carbocycles. The minimum Gasteiger partial charge on any atom is -0.268 e. The molecule has 0 spiro atoms. The number of sulfonamides is 1. The van der Waals surface area contributed by atoms with Crippen molar-refractivity contribution in [1.82, 2.24) is 4.72 Å². The molecule has 0 fully saturated rings. The summed E-state index contributed by atoms with van der Waals surface area (Å²) >= 11 is 1.16. The van der Waals surface area contributed by atoms with Gasteiger partial charge in [0.1, 0.15) is 0 Å². The third-order valence-corrected chi connectivity index (χ3v) is 4.75. The Hall–Kier alpha value is -2.38. The van der Waals surface area contributed by atoms with Crippen molar-refractivity contribution in [3.63, 3.8) is 0 Å². The first-order chi connectivity index (χ1) is 10.6. The molecular formula is C13H7F3N2O3S2. The second-order valence-corrected chi connectivity index (χ2v) is 6.73. The summed E-state index contributed by atoms with van der Waals surface area (Å²) in [6, 6.07) is 4.61. The van der Waals surface area contributed by atoms with Crippen LogP contribution in [0.25, 0.3) is 0 Å². The first kappa shape index (κ1) is 17.0. The lowest BCUT2D eigenvalue weighted by molar-refractivity contribution is -0.137. The SMILES string of the molecule is N#Cc1ccc(S(=O)(=O)NC(=O)c2ccsc2)cc1C(F)(F)F. The van der Waals surface area contributed by atoms with Crippen LogP contribution in [-0.2, 0) is 16.2 Å². The van der Waals surface area contributed by atoms with E-state index in [9.17, 15) is 26.4 Å². The zero-order chi connectivity index (χ0) is 17.3. The average molecular weight is 360 g/mol. The Kier molecular flexibility index (Phi) is 4.44. The highest BCUT2D eigenvalue weighted by molar-refractivity contribution is 7.90. The van der Waals surface area contributed by atoms with Crippen LogP contribution in [0, 0.1) is 11.3 Å². The fourth-order valence-electron chi connectivity index (χ4n) is 1.66. The Balaban J connectivity index is 2.41. The van der Waals surface area contributed by atoms with Crippen molar-refractivity contribution in [1.29, 1.82) is 5.26 Å². The maximum absolute atomic E-state index is 12.9. The van der Waals surface area contributed by atoms with Gasteiger partial charge in [-0.3, -0.25) is 4.79 Å². The minimum atomic E-state index is -4.89. The third kappa shape index (κ3) is 3.69. The van der Waals surface area contributed by atoms with Gasteiger partial charge in [0.05, 0.1) is 27.7 Å². The van der Waals surface area contributed by atoms with Crippen molar-refractivity contribution in [2.24, 2.45) is 0 Å². The van der Waals surface area contributed by atoms with E-state index in [4.69, 9.17) is 5.26 Å². The molecule has 2 aromatic rings. The molecule has 0 saturated heterocycles. The molecule has 1 aromatic heterocycles. The minimum absolute atomic E-state index is 0.0725. The molecular weight excluding hydrogens is 353 g/mol. The Labute approximate surface area is 133 Å². The van der Waals surface area contributed by atoms with Gasteiger partial charge in [0.15, 0.2) is 0 Å². The first-order valence-electron chi connectivity index (χ1n) is 5.86. The molecule has 0 saturated carbocycles. The normalized spacial score (nSPS) is 11.7. The number of nitriles is 1. The van der Waals surface area contributed by atoms with Crippen molar-refractivity contribution in [2.45, 2.75) is 11.1 Å². The van der Waals surface area contributed by atoms with E-state index in [0.717, 1.165) is 23.5 Å². The van der Waals surface area contributed by atoms with Crippen LogP contribution in [0.1, 0.15) is 21.5 Å². The van der Waals surface area contributed by atoms with Crippen molar-refractivity contribution in [3.8, 4) is 6.07 Å². The number of nitrogens with one attached hydrogen (secondary N) is 1. The molecule has 1 amide bonds. The van der Waals surface area contributed by atoms with E-state index in [1.54, 1.807) is 10.1 Å². The lowest BCUT2D eigenvalue weighted by Gasteiger charge is -2.11. The fraction of sp³-hybridized carbons (Fsp3) is 0.0769. The van der Waals surface area contributed by atoms with Crippen molar-refractivity contribution >= 4 is 27.3 Å². The van der Waals surface area contributed by atoms with Gasteiger partial charge in [-0.1, -0.05) is 0 Å². The van der Waals surface area contributed by atoms with Gasteiger partial charge >= 0.3 is 6.18 Å². The van der Waals surface area contributed by atoms with E-state index in [1.165, 1.54) is 17.5 Å². The predicted molar refractivity (Wildman–Crippen MR) is 75.1 cm³/mol. The van der Waals surface area contributed by atoms with Crippen LogP contribution in [0.5, 0.6) is 0 Å². The Bertz CT molecular complexity index is 882. The van der Waals surface area contributed by atoms with Gasteiger partial charge in [0, 0.05) is 5.38 Å². The first-order valence-corrected chi connectivity index (χ1v) is 8.28. The average Bonchev–Trinajstić information content (AvgIpc) is 2.99. The molecule has 0 unspecified atom stereocenters. The number of nitrogens with zero attached hydrogens (tertiary/aromatic N) is 1. The van der Waals surface area contributed by atoms with Crippen LogP contribution >= 0.6 is 11.3 Å². The molecule has 1 heterocycles. The summed E-state index contributed by atoms with van der Waals surface area (Å²) in [5.74, 6) is -0.954. The van der Waals surface area contributed by atoms with Gasteiger partial charge in [-0.25, -0.2) is 13.1 Å². The van der Waals surface area contributed by atoms with Gasteiger partial charge in [-0.05, 0) is 29.6 Å². The van der Waals surface area contributed by atoms with E-state index in [1.807, 2.05) is 0 Å². The van der Waals surface area contributed by atoms with E-state index in [2.05, 4.69) is 0 Å². The smallest absolute Gasteiger partial charge is 0.268 e. The zero-order valence-electron chi connectivity index (χ0n) is 11.1. The number of alkyl halides is 3. The number of carbonyl (C=O) groups excluding carboxylic acids is 1. The monoisotopic (exact) mass is 360 g/mol. The fourth-order valence-corrected chi connectivity index (χ4v) is 3.29. The summed E-state index contributed by atoms with van der Waals surface area (Å²) in [5.41, 5.74) is -2.02. The molecule has 23 heavy (non-hydrogen) atoms. The summed E-state index contributed by atoms with van der Waals surface area (Å²) in [4.78, 5) is 11.0. The number of carbonyl (C=O) groups is 1. The highest BCUT2D eigenvalue weighted by Crippen LogP contribution is 2.33. The summed E-state index contributed by atoms with van der Waals surface area (Å²) in [6.07, 6.45) is -4.89. The quantitative estimate of drug-likeness (QED) is 0.912. The molecule has 2 rings (SSSR count). The van der Waals surface area contributed by atoms with Crippen LogP contribution in [0.15, 0.2) is 39.9 Å².